The maximum atomic E-state index is 12.1. The average Bonchev–Trinajstić information content (AvgIpc) is 1.99. The zero-order chi connectivity index (χ0) is 12.1. The second kappa shape index (κ2) is 6.61. The molecule has 0 aliphatic carbocycles. The van der Waals surface area contributed by atoms with Gasteiger partial charge in [0.05, 0.1) is 31.1 Å². The van der Waals surface area contributed by atoms with Crippen LogP contribution in [0.4, 0.5) is 0 Å². The van der Waals surface area contributed by atoms with Crippen LogP contribution in [0.5, 0.6) is 0 Å². The largest absolute Gasteiger partial charge is 0.394 e. The Kier molecular flexibility index (Phi) is 6.64. The number of hydrogen-bond acceptors (Lipinski definition) is 5. The Bertz CT molecular complexity index is 203. The van der Waals surface area contributed by atoms with Gasteiger partial charge >= 0.3 is 7.60 Å². The van der Waals surface area contributed by atoms with Gasteiger partial charge in [-0.25, -0.2) is 0 Å². The lowest BCUT2D eigenvalue weighted by Gasteiger charge is -2.24. The molecule has 0 saturated carbocycles. The predicted octanol–water partition coefficient (Wildman–Crippen LogP) is 1.38. The fraction of sp³-hybridized carbons (Fsp3) is 1.00. The van der Waals surface area contributed by atoms with Crippen LogP contribution in [0.25, 0.3) is 0 Å². The molecule has 0 aromatic carbocycles. The average molecular weight is 240 g/mol. The number of rotatable bonds is 7. The van der Waals surface area contributed by atoms with E-state index in [0.29, 0.717) is 0 Å². The maximum Gasteiger partial charge on any atom is 0.333 e. The molecule has 0 aliphatic heterocycles. The fourth-order valence-electron chi connectivity index (χ4n) is 1.07. The van der Waals surface area contributed by atoms with Crippen molar-refractivity contribution in [2.45, 2.75) is 46.0 Å². The molecular weight excluding hydrogens is 219 g/mol. The first-order valence-corrected chi connectivity index (χ1v) is 6.76. The summed E-state index contributed by atoms with van der Waals surface area (Å²) in [5.74, 6) is 0. The number of aliphatic hydroxyl groups excluding tert-OH is 2. The van der Waals surface area contributed by atoms with Crippen LogP contribution < -0.4 is 0 Å². The molecule has 0 amide bonds. The summed E-state index contributed by atoms with van der Waals surface area (Å²) in [7, 11) is -3.31. The second-order valence-electron chi connectivity index (χ2n) is 3.94. The van der Waals surface area contributed by atoms with E-state index in [9.17, 15) is 9.67 Å². The quantitative estimate of drug-likeness (QED) is 0.657. The minimum Gasteiger partial charge on any atom is -0.394 e. The monoisotopic (exact) mass is 240 g/mol. The zero-order valence-corrected chi connectivity index (χ0v) is 10.6. The van der Waals surface area contributed by atoms with Gasteiger partial charge in [0.25, 0.3) is 0 Å². The Hall–Kier alpha value is 0.0700. The molecular formula is C9H21O5P. The van der Waals surface area contributed by atoms with Crippen LogP contribution >= 0.6 is 7.60 Å². The van der Waals surface area contributed by atoms with Crippen LogP contribution in [-0.4, -0.2) is 41.3 Å². The summed E-state index contributed by atoms with van der Waals surface area (Å²) in [4.78, 5) is 0. The van der Waals surface area contributed by atoms with Crippen molar-refractivity contribution < 1.29 is 23.8 Å². The first kappa shape index (κ1) is 15.1. The van der Waals surface area contributed by atoms with Crippen molar-refractivity contribution in [2.24, 2.45) is 0 Å². The van der Waals surface area contributed by atoms with Gasteiger partial charge in [-0.3, -0.25) is 4.57 Å². The van der Waals surface area contributed by atoms with Crippen LogP contribution in [0.2, 0.25) is 0 Å². The summed E-state index contributed by atoms with van der Waals surface area (Å²) in [6.45, 7) is 6.50. The van der Waals surface area contributed by atoms with Gasteiger partial charge in [0, 0.05) is 0 Å². The van der Waals surface area contributed by atoms with Crippen molar-refractivity contribution in [3.63, 3.8) is 0 Å². The minimum atomic E-state index is -3.31. The molecule has 2 N–H and O–H groups in total. The van der Waals surface area contributed by atoms with Crippen molar-refractivity contribution in [1.29, 1.82) is 0 Å². The minimum absolute atomic E-state index is 0.181. The lowest BCUT2D eigenvalue weighted by molar-refractivity contribution is 0.0920. The van der Waals surface area contributed by atoms with Gasteiger partial charge in [-0.05, 0) is 27.7 Å². The Balaban J connectivity index is 4.47. The molecule has 0 aliphatic rings. The third kappa shape index (κ3) is 7.03. The van der Waals surface area contributed by atoms with Crippen molar-refractivity contribution in [3.05, 3.63) is 0 Å². The molecule has 15 heavy (non-hydrogen) atoms. The molecule has 0 fully saturated rings. The molecule has 0 rings (SSSR count). The lowest BCUT2D eigenvalue weighted by Crippen LogP contribution is -2.21. The smallest absolute Gasteiger partial charge is 0.333 e. The van der Waals surface area contributed by atoms with Gasteiger partial charge in [0.1, 0.15) is 0 Å². The zero-order valence-electron chi connectivity index (χ0n) is 9.71. The van der Waals surface area contributed by atoms with Gasteiger partial charge in [0.15, 0.2) is 0 Å². The van der Waals surface area contributed by atoms with E-state index in [1.807, 2.05) is 0 Å². The summed E-state index contributed by atoms with van der Waals surface area (Å²) in [6.07, 6.45) is -1.76. The van der Waals surface area contributed by atoms with E-state index in [1.165, 1.54) is 0 Å². The highest BCUT2D eigenvalue weighted by Gasteiger charge is 2.30. The molecule has 0 aromatic heterocycles. The van der Waals surface area contributed by atoms with E-state index in [1.54, 1.807) is 27.7 Å². The molecule has 1 atom stereocenters. The highest BCUT2D eigenvalue weighted by atomic mass is 31.2. The molecule has 0 bridgehead atoms. The van der Waals surface area contributed by atoms with Gasteiger partial charge < -0.3 is 19.3 Å². The van der Waals surface area contributed by atoms with E-state index in [2.05, 4.69) is 0 Å². The normalized spacial score (nSPS) is 14.9. The topological polar surface area (TPSA) is 76.0 Å². The van der Waals surface area contributed by atoms with E-state index >= 15 is 0 Å². The van der Waals surface area contributed by atoms with Crippen molar-refractivity contribution >= 4 is 7.60 Å². The standard InChI is InChI=1S/C9H21O5P/c1-7(2)13-15(12,14-8(3)4)6-9(11)5-10/h7-11H,5-6H2,1-4H3. The predicted molar refractivity (Wildman–Crippen MR) is 58.0 cm³/mol. The Morgan fingerprint density at radius 2 is 1.53 bits per heavy atom. The first-order chi connectivity index (χ1) is 6.79. The third-order valence-electron chi connectivity index (χ3n) is 1.39. The molecule has 6 heteroatoms. The van der Waals surface area contributed by atoms with Crippen LogP contribution in [0.3, 0.4) is 0 Å². The molecule has 0 heterocycles. The van der Waals surface area contributed by atoms with Gasteiger partial charge in [-0.1, -0.05) is 0 Å². The Labute approximate surface area is 90.9 Å². The van der Waals surface area contributed by atoms with E-state index < -0.39 is 20.3 Å². The molecule has 0 aromatic rings. The lowest BCUT2D eigenvalue weighted by atomic mass is 10.4. The van der Waals surface area contributed by atoms with Crippen molar-refractivity contribution in [3.8, 4) is 0 Å². The fourth-order valence-corrected chi connectivity index (χ4v) is 3.21. The number of hydrogen-bond donors (Lipinski definition) is 2. The number of aliphatic hydroxyl groups is 2. The van der Waals surface area contributed by atoms with Crippen molar-refractivity contribution in [2.75, 3.05) is 12.8 Å². The summed E-state index contributed by atoms with van der Waals surface area (Å²) >= 11 is 0. The Morgan fingerprint density at radius 1 is 1.13 bits per heavy atom. The maximum absolute atomic E-state index is 12.1. The molecule has 1 unspecified atom stereocenters. The summed E-state index contributed by atoms with van der Waals surface area (Å²) in [6, 6.07) is 0. The van der Waals surface area contributed by atoms with Gasteiger partial charge in [0.2, 0.25) is 0 Å². The van der Waals surface area contributed by atoms with E-state index in [-0.39, 0.29) is 18.4 Å². The van der Waals surface area contributed by atoms with E-state index in [0.717, 1.165) is 0 Å². The second-order valence-corrected chi connectivity index (χ2v) is 5.95. The van der Waals surface area contributed by atoms with Crippen LogP contribution in [0.1, 0.15) is 27.7 Å². The summed E-state index contributed by atoms with van der Waals surface area (Å²) < 4.78 is 22.5. The van der Waals surface area contributed by atoms with Crippen molar-refractivity contribution in [1.82, 2.24) is 0 Å². The highest BCUT2D eigenvalue weighted by molar-refractivity contribution is 7.53. The van der Waals surface area contributed by atoms with Gasteiger partial charge in [-0.2, -0.15) is 0 Å². The SMILES string of the molecule is CC(C)OP(=O)(CC(O)CO)OC(C)C. The molecule has 5 nitrogen and oxygen atoms in total. The third-order valence-corrected chi connectivity index (χ3v) is 3.74. The molecule has 0 saturated heterocycles. The summed E-state index contributed by atoms with van der Waals surface area (Å²) in [5, 5.41) is 17.9. The molecule has 92 valence electrons. The van der Waals surface area contributed by atoms with Gasteiger partial charge in [-0.15, -0.1) is 0 Å². The van der Waals surface area contributed by atoms with Crippen LogP contribution in [0, 0.1) is 0 Å². The highest BCUT2D eigenvalue weighted by Crippen LogP contribution is 2.50. The van der Waals surface area contributed by atoms with E-state index in [4.69, 9.17) is 14.2 Å². The molecule has 0 spiro atoms. The Morgan fingerprint density at radius 3 is 1.80 bits per heavy atom. The van der Waals surface area contributed by atoms with Crippen LogP contribution in [-0.2, 0) is 13.6 Å². The van der Waals surface area contributed by atoms with Crippen LogP contribution in [0.15, 0.2) is 0 Å². The first-order valence-electron chi connectivity index (χ1n) is 5.04. The summed E-state index contributed by atoms with van der Waals surface area (Å²) in [5.41, 5.74) is 0. The molecule has 0 radical (unpaired) electrons.